The summed E-state index contributed by atoms with van der Waals surface area (Å²) in [6.07, 6.45) is 3.72. The Balaban J connectivity index is 1.44. The van der Waals surface area contributed by atoms with Crippen molar-refractivity contribution in [2.45, 2.75) is 26.2 Å². The van der Waals surface area contributed by atoms with Crippen LogP contribution in [0.25, 0.3) is 5.65 Å². The number of carbonyl (C=O) groups is 1. The molecule has 7 nitrogen and oxygen atoms in total. The highest BCUT2D eigenvalue weighted by atomic mass is 16.5. The second-order valence-electron chi connectivity index (χ2n) is 5.11. The zero-order valence-electron chi connectivity index (χ0n) is 12.3. The Kier molecular flexibility index (Phi) is 4.13. The lowest BCUT2D eigenvalue weighted by molar-refractivity contribution is -0.120. The van der Waals surface area contributed by atoms with Crippen LogP contribution >= 0.6 is 0 Å². The number of nitrogens with zero attached hydrogens (tertiary/aromatic N) is 4. The van der Waals surface area contributed by atoms with E-state index in [2.05, 4.69) is 20.7 Å². The molecular formula is C15H17N5O2. The first kappa shape index (κ1) is 14.2. The molecule has 0 atom stereocenters. The van der Waals surface area contributed by atoms with Crippen molar-refractivity contribution in [3.63, 3.8) is 0 Å². The minimum atomic E-state index is -0.0674. The number of nitrogens with one attached hydrogen (secondary N) is 1. The second kappa shape index (κ2) is 6.38. The van der Waals surface area contributed by atoms with Crippen LogP contribution in [0.15, 0.2) is 35.0 Å². The van der Waals surface area contributed by atoms with E-state index >= 15 is 0 Å². The Bertz CT molecular complexity index is 777. The fourth-order valence-electron chi connectivity index (χ4n) is 2.26. The number of aromatic nitrogens is 4. The predicted molar refractivity (Wildman–Crippen MR) is 79.3 cm³/mol. The van der Waals surface area contributed by atoms with Gasteiger partial charge in [0.15, 0.2) is 5.65 Å². The number of aryl methyl sites for hydroxylation is 2. The van der Waals surface area contributed by atoms with Crippen molar-refractivity contribution >= 4 is 11.6 Å². The van der Waals surface area contributed by atoms with E-state index < -0.39 is 0 Å². The number of fused-ring (bicyclic) bond motifs is 1. The molecule has 0 saturated carbocycles. The first-order chi connectivity index (χ1) is 10.7. The molecule has 0 aliphatic rings. The van der Waals surface area contributed by atoms with Gasteiger partial charge in [-0.05, 0) is 25.5 Å². The first-order valence-corrected chi connectivity index (χ1v) is 7.20. The summed E-state index contributed by atoms with van der Waals surface area (Å²) in [4.78, 5) is 11.8. The third-order valence-electron chi connectivity index (χ3n) is 3.30. The lowest BCUT2D eigenvalue weighted by Crippen LogP contribution is -2.26. The van der Waals surface area contributed by atoms with Crippen LogP contribution in [-0.4, -0.2) is 32.2 Å². The quantitative estimate of drug-likeness (QED) is 0.694. The van der Waals surface area contributed by atoms with Crippen LogP contribution in [0.5, 0.6) is 0 Å². The predicted octanol–water partition coefficient (Wildman–Crippen LogP) is 1.32. The minimum Gasteiger partial charge on any atom is -0.361 e. The van der Waals surface area contributed by atoms with E-state index in [1.807, 2.05) is 35.7 Å². The Morgan fingerprint density at radius 1 is 1.36 bits per heavy atom. The van der Waals surface area contributed by atoms with Gasteiger partial charge in [0.2, 0.25) is 5.91 Å². The van der Waals surface area contributed by atoms with E-state index in [-0.39, 0.29) is 12.3 Å². The molecular weight excluding hydrogens is 282 g/mol. The summed E-state index contributed by atoms with van der Waals surface area (Å²) in [7, 11) is 0. The van der Waals surface area contributed by atoms with Crippen molar-refractivity contribution < 1.29 is 9.32 Å². The van der Waals surface area contributed by atoms with Crippen LogP contribution in [-0.2, 0) is 17.6 Å². The number of rotatable bonds is 6. The summed E-state index contributed by atoms with van der Waals surface area (Å²) in [5, 5.41) is 14.9. The molecule has 0 fully saturated rings. The lowest BCUT2D eigenvalue weighted by atomic mass is 10.2. The Labute approximate surface area is 127 Å². The zero-order chi connectivity index (χ0) is 15.4. The topological polar surface area (TPSA) is 85.3 Å². The van der Waals surface area contributed by atoms with Gasteiger partial charge in [0.25, 0.3) is 0 Å². The standard InChI is InChI=1S/C15H17N5O2/c1-11-9-12(22-19-11)10-15(21)16-7-4-6-14-18-17-13-5-2-3-8-20(13)14/h2-3,5,8-9H,4,6-7,10H2,1H3,(H,16,21). The van der Waals surface area contributed by atoms with Gasteiger partial charge in [0.1, 0.15) is 11.6 Å². The zero-order valence-corrected chi connectivity index (χ0v) is 12.3. The van der Waals surface area contributed by atoms with Crippen LogP contribution < -0.4 is 5.32 Å². The van der Waals surface area contributed by atoms with Crippen LogP contribution in [0, 0.1) is 6.92 Å². The van der Waals surface area contributed by atoms with E-state index in [1.165, 1.54) is 0 Å². The molecule has 1 N–H and O–H groups in total. The number of hydrogen-bond donors (Lipinski definition) is 1. The van der Waals surface area contributed by atoms with E-state index in [1.54, 1.807) is 6.07 Å². The molecule has 0 unspecified atom stereocenters. The van der Waals surface area contributed by atoms with Crippen LogP contribution in [0.2, 0.25) is 0 Å². The Hall–Kier alpha value is -2.70. The molecule has 0 radical (unpaired) electrons. The minimum absolute atomic E-state index is 0.0674. The molecule has 1 amide bonds. The van der Waals surface area contributed by atoms with E-state index in [0.717, 1.165) is 30.0 Å². The number of amides is 1. The van der Waals surface area contributed by atoms with Gasteiger partial charge >= 0.3 is 0 Å². The summed E-state index contributed by atoms with van der Waals surface area (Å²) < 4.78 is 6.97. The average molecular weight is 299 g/mol. The molecule has 7 heteroatoms. The van der Waals surface area contributed by atoms with Gasteiger partial charge in [-0.3, -0.25) is 9.20 Å². The summed E-state index contributed by atoms with van der Waals surface area (Å²) >= 11 is 0. The highest BCUT2D eigenvalue weighted by molar-refractivity contribution is 5.77. The van der Waals surface area contributed by atoms with E-state index in [4.69, 9.17) is 4.52 Å². The summed E-state index contributed by atoms with van der Waals surface area (Å²) in [6.45, 7) is 2.42. The monoisotopic (exact) mass is 299 g/mol. The highest BCUT2D eigenvalue weighted by Crippen LogP contribution is 2.05. The van der Waals surface area contributed by atoms with Crippen molar-refractivity contribution in [3.05, 3.63) is 47.7 Å². The van der Waals surface area contributed by atoms with Gasteiger partial charge in [-0.25, -0.2) is 0 Å². The fraction of sp³-hybridized carbons (Fsp3) is 0.333. The molecule has 22 heavy (non-hydrogen) atoms. The van der Waals surface area contributed by atoms with Gasteiger partial charge in [-0.1, -0.05) is 11.2 Å². The normalized spacial score (nSPS) is 11.0. The van der Waals surface area contributed by atoms with E-state index in [9.17, 15) is 4.79 Å². The van der Waals surface area contributed by atoms with Crippen molar-refractivity contribution in [3.8, 4) is 0 Å². The van der Waals surface area contributed by atoms with Crippen molar-refractivity contribution in [2.24, 2.45) is 0 Å². The molecule has 0 spiro atoms. The lowest BCUT2D eigenvalue weighted by Gasteiger charge is -2.03. The molecule has 3 rings (SSSR count). The fourth-order valence-corrected chi connectivity index (χ4v) is 2.26. The molecule has 0 saturated heterocycles. The van der Waals surface area contributed by atoms with Gasteiger partial charge in [-0.15, -0.1) is 10.2 Å². The molecule has 0 aliphatic heterocycles. The average Bonchev–Trinajstić information content (AvgIpc) is 3.10. The molecule has 114 valence electrons. The molecule has 0 bridgehead atoms. The van der Waals surface area contributed by atoms with Crippen molar-refractivity contribution in [1.82, 2.24) is 25.1 Å². The summed E-state index contributed by atoms with van der Waals surface area (Å²) in [6, 6.07) is 7.56. The largest absolute Gasteiger partial charge is 0.361 e. The third-order valence-corrected chi connectivity index (χ3v) is 3.30. The smallest absolute Gasteiger partial charge is 0.227 e. The molecule has 3 aromatic heterocycles. The Morgan fingerprint density at radius 2 is 2.27 bits per heavy atom. The van der Waals surface area contributed by atoms with Gasteiger partial charge in [-0.2, -0.15) is 0 Å². The SMILES string of the molecule is Cc1cc(CC(=O)NCCCc2nnc3ccccn23)on1. The van der Waals surface area contributed by atoms with Gasteiger partial charge in [0, 0.05) is 25.2 Å². The summed E-state index contributed by atoms with van der Waals surface area (Å²) in [5.41, 5.74) is 1.61. The number of hydrogen-bond acceptors (Lipinski definition) is 5. The van der Waals surface area contributed by atoms with Crippen LogP contribution in [0.3, 0.4) is 0 Å². The van der Waals surface area contributed by atoms with Gasteiger partial charge in [0.05, 0.1) is 12.1 Å². The Morgan fingerprint density at radius 3 is 3.09 bits per heavy atom. The maximum absolute atomic E-state index is 11.8. The third kappa shape index (κ3) is 3.30. The highest BCUT2D eigenvalue weighted by Gasteiger charge is 2.08. The summed E-state index contributed by atoms with van der Waals surface area (Å²) in [5.74, 6) is 1.41. The maximum Gasteiger partial charge on any atom is 0.227 e. The van der Waals surface area contributed by atoms with Crippen LogP contribution in [0.1, 0.15) is 23.7 Å². The van der Waals surface area contributed by atoms with Crippen molar-refractivity contribution in [2.75, 3.05) is 6.54 Å². The maximum atomic E-state index is 11.8. The van der Waals surface area contributed by atoms with Crippen molar-refractivity contribution in [1.29, 1.82) is 0 Å². The molecule has 3 aromatic rings. The first-order valence-electron chi connectivity index (χ1n) is 7.20. The molecule has 3 heterocycles. The van der Waals surface area contributed by atoms with Crippen LogP contribution in [0.4, 0.5) is 0 Å². The number of pyridine rings is 1. The van der Waals surface area contributed by atoms with Gasteiger partial charge < -0.3 is 9.84 Å². The molecule has 0 aliphatic carbocycles. The number of carbonyl (C=O) groups excluding carboxylic acids is 1. The van der Waals surface area contributed by atoms with E-state index in [0.29, 0.717) is 12.3 Å². The molecule has 0 aromatic carbocycles. The second-order valence-corrected chi connectivity index (χ2v) is 5.11.